The minimum atomic E-state index is -0.576. The molecule has 0 bridgehead atoms. The third-order valence-corrected chi connectivity index (χ3v) is 3.72. The molecule has 110 valence electrons. The van der Waals surface area contributed by atoms with Gasteiger partial charge in [-0.1, -0.05) is 12.1 Å². The number of aromatic nitrogens is 2. The second kappa shape index (κ2) is 5.29. The van der Waals surface area contributed by atoms with Crippen molar-refractivity contribution in [3.63, 3.8) is 0 Å². The van der Waals surface area contributed by atoms with Crippen molar-refractivity contribution in [3.8, 4) is 0 Å². The van der Waals surface area contributed by atoms with Crippen molar-refractivity contribution < 1.29 is 14.3 Å². The zero-order valence-corrected chi connectivity index (χ0v) is 11.6. The van der Waals surface area contributed by atoms with Gasteiger partial charge in [0, 0.05) is 19.8 Å². The number of carbonyl (C=O) groups excluding carboxylic acids is 1. The number of nitrogens with zero attached hydrogens (tertiary/aromatic N) is 3. The normalized spacial score (nSPS) is 21.8. The molecule has 6 heteroatoms. The molecule has 0 aliphatic carbocycles. The van der Waals surface area contributed by atoms with Gasteiger partial charge in [0.15, 0.2) is 0 Å². The summed E-state index contributed by atoms with van der Waals surface area (Å²) < 4.78 is 14.7. The number of rotatable bonds is 2. The van der Waals surface area contributed by atoms with E-state index in [0.29, 0.717) is 12.1 Å². The predicted molar refractivity (Wildman–Crippen MR) is 74.0 cm³/mol. The fourth-order valence-corrected chi connectivity index (χ4v) is 2.71. The van der Waals surface area contributed by atoms with Crippen LogP contribution in [-0.2, 0) is 7.05 Å². The summed E-state index contributed by atoms with van der Waals surface area (Å²) in [6, 6.07) is 5.77. The lowest BCUT2D eigenvalue weighted by atomic mass is 10.0. The number of hydrogen-bond donors (Lipinski definition) is 1. The van der Waals surface area contributed by atoms with E-state index in [1.807, 2.05) is 0 Å². The fraction of sp³-hybridized carbons (Fsp3) is 0.333. The lowest BCUT2D eigenvalue weighted by Crippen LogP contribution is -2.32. The Kier molecular flexibility index (Phi) is 3.47. The number of amides is 1. The maximum absolute atomic E-state index is 13.0. The smallest absolute Gasteiger partial charge is 0.274 e. The Morgan fingerprint density at radius 1 is 1.38 bits per heavy atom. The van der Waals surface area contributed by atoms with Crippen LogP contribution in [0.25, 0.3) is 0 Å². The minimum absolute atomic E-state index is 0.221. The average molecular weight is 289 g/mol. The number of imidazole rings is 1. The number of aliphatic hydroxyl groups excluding tert-OH is 1. The summed E-state index contributed by atoms with van der Waals surface area (Å²) in [4.78, 5) is 18.2. The predicted octanol–water partition coefficient (Wildman–Crippen LogP) is 1.51. The Hall–Kier alpha value is -2.21. The number of hydrogen-bond acceptors (Lipinski definition) is 3. The highest BCUT2D eigenvalue weighted by Gasteiger charge is 2.36. The monoisotopic (exact) mass is 289 g/mol. The van der Waals surface area contributed by atoms with Crippen molar-refractivity contribution in [1.82, 2.24) is 14.5 Å². The van der Waals surface area contributed by atoms with Crippen molar-refractivity contribution in [3.05, 3.63) is 53.9 Å². The van der Waals surface area contributed by atoms with Crippen LogP contribution in [0.15, 0.2) is 36.8 Å². The summed E-state index contributed by atoms with van der Waals surface area (Å²) in [6.45, 7) is 0.261. The molecule has 1 aliphatic heterocycles. The van der Waals surface area contributed by atoms with E-state index < -0.39 is 6.10 Å². The van der Waals surface area contributed by atoms with E-state index in [9.17, 15) is 14.3 Å². The van der Waals surface area contributed by atoms with E-state index in [2.05, 4.69) is 4.98 Å². The van der Waals surface area contributed by atoms with Crippen LogP contribution < -0.4 is 0 Å². The number of likely N-dealkylation sites (tertiary alicyclic amines) is 1. The summed E-state index contributed by atoms with van der Waals surface area (Å²) in [5.41, 5.74) is 1.16. The molecule has 1 saturated heterocycles. The molecule has 0 unspecified atom stereocenters. The number of β-amino-alcohol motifs (C(OH)–C–C–N with tert-alkyl or cyclic N) is 1. The summed E-state index contributed by atoms with van der Waals surface area (Å²) >= 11 is 0. The lowest BCUT2D eigenvalue weighted by molar-refractivity contribution is 0.0710. The summed E-state index contributed by atoms with van der Waals surface area (Å²) in [6.07, 6.45) is 3.08. The zero-order chi connectivity index (χ0) is 15.0. The number of carbonyl (C=O) groups is 1. The van der Waals surface area contributed by atoms with Crippen molar-refractivity contribution in [2.45, 2.75) is 18.6 Å². The SMILES string of the molecule is Cn1cnc(C(=O)N2C[C@H](O)C[C@H]2c2ccc(F)cc2)c1. The maximum atomic E-state index is 13.0. The van der Waals surface area contributed by atoms with Crippen molar-refractivity contribution in [2.75, 3.05) is 6.54 Å². The van der Waals surface area contributed by atoms with Gasteiger partial charge in [0.25, 0.3) is 5.91 Å². The third kappa shape index (κ3) is 2.67. The number of benzene rings is 1. The third-order valence-electron chi connectivity index (χ3n) is 3.72. The van der Waals surface area contributed by atoms with Crippen LogP contribution in [0.5, 0.6) is 0 Å². The van der Waals surface area contributed by atoms with Crippen LogP contribution >= 0.6 is 0 Å². The highest BCUT2D eigenvalue weighted by atomic mass is 19.1. The second-order valence-corrected chi connectivity index (χ2v) is 5.34. The molecule has 1 aliphatic rings. The summed E-state index contributed by atoms with van der Waals surface area (Å²) in [7, 11) is 1.79. The average Bonchev–Trinajstić information content (AvgIpc) is 3.05. The van der Waals surface area contributed by atoms with E-state index in [0.717, 1.165) is 5.56 Å². The standard InChI is InChI=1S/C15H16FN3O2/c1-18-8-13(17-9-18)15(21)19-7-12(20)6-14(19)10-2-4-11(16)5-3-10/h2-5,8-9,12,14,20H,6-7H2,1H3/t12-,14+/m1/s1. The highest BCUT2D eigenvalue weighted by Crippen LogP contribution is 2.33. The van der Waals surface area contributed by atoms with E-state index in [-0.39, 0.29) is 24.3 Å². The molecule has 2 heterocycles. The van der Waals surface area contributed by atoms with E-state index in [1.165, 1.54) is 12.1 Å². The fourth-order valence-electron chi connectivity index (χ4n) is 2.71. The van der Waals surface area contributed by atoms with Crippen LogP contribution in [0.4, 0.5) is 4.39 Å². The van der Waals surface area contributed by atoms with E-state index in [1.54, 1.807) is 41.2 Å². The van der Waals surface area contributed by atoms with Gasteiger partial charge in [-0.05, 0) is 24.1 Å². The first kappa shape index (κ1) is 13.8. The molecule has 1 aromatic heterocycles. The topological polar surface area (TPSA) is 58.4 Å². The molecule has 21 heavy (non-hydrogen) atoms. The first-order chi connectivity index (χ1) is 10.0. The van der Waals surface area contributed by atoms with Gasteiger partial charge in [0.2, 0.25) is 0 Å². The van der Waals surface area contributed by atoms with Gasteiger partial charge >= 0.3 is 0 Å². The van der Waals surface area contributed by atoms with Gasteiger partial charge in [0.1, 0.15) is 11.5 Å². The molecular weight excluding hydrogens is 273 g/mol. The lowest BCUT2D eigenvalue weighted by Gasteiger charge is -2.24. The molecule has 3 rings (SSSR count). The minimum Gasteiger partial charge on any atom is -0.391 e. The maximum Gasteiger partial charge on any atom is 0.274 e. The van der Waals surface area contributed by atoms with Crippen LogP contribution in [0.1, 0.15) is 28.5 Å². The van der Waals surface area contributed by atoms with Crippen molar-refractivity contribution in [1.29, 1.82) is 0 Å². The molecule has 1 N–H and O–H groups in total. The molecule has 0 spiro atoms. The molecule has 1 amide bonds. The quantitative estimate of drug-likeness (QED) is 0.911. The number of halogens is 1. The second-order valence-electron chi connectivity index (χ2n) is 5.34. The molecule has 1 aromatic carbocycles. The first-order valence-electron chi connectivity index (χ1n) is 6.77. The van der Waals surface area contributed by atoms with Gasteiger partial charge in [0.05, 0.1) is 18.5 Å². The molecule has 2 atom stereocenters. The number of aryl methyl sites for hydroxylation is 1. The zero-order valence-electron chi connectivity index (χ0n) is 11.6. The molecular formula is C15H16FN3O2. The Morgan fingerprint density at radius 3 is 2.71 bits per heavy atom. The van der Waals surface area contributed by atoms with Gasteiger partial charge in [-0.15, -0.1) is 0 Å². The molecule has 0 saturated carbocycles. The first-order valence-corrected chi connectivity index (χ1v) is 6.77. The molecule has 5 nitrogen and oxygen atoms in total. The Morgan fingerprint density at radius 2 is 2.10 bits per heavy atom. The highest BCUT2D eigenvalue weighted by molar-refractivity contribution is 5.92. The van der Waals surface area contributed by atoms with E-state index >= 15 is 0 Å². The van der Waals surface area contributed by atoms with E-state index in [4.69, 9.17) is 0 Å². The Bertz CT molecular complexity index is 653. The Labute approximate surface area is 121 Å². The summed E-state index contributed by atoms with van der Waals surface area (Å²) in [5, 5.41) is 9.89. The molecule has 0 radical (unpaired) electrons. The van der Waals surface area contributed by atoms with Crippen LogP contribution in [-0.4, -0.2) is 38.1 Å². The molecule has 1 fully saturated rings. The van der Waals surface area contributed by atoms with Gasteiger partial charge in [-0.2, -0.15) is 0 Å². The Balaban J connectivity index is 1.88. The van der Waals surface area contributed by atoms with Gasteiger partial charge in [-0.25, -0.2) is 9.37 Å². The summed E-state index contributed by atoms with van der Waals surface area (Å²) in [5.74, 6) is -0.540. The van der Waals surface area contributed by atoms with Crippen LogP contribution in [0.2, 0.25) is 0 Å². The van der Waals surface area contributed by atoms with Crippen molar-refractivity contribution in [2.24, 2.45) is 7.05 Å². The van der Waals surface area contributed by atoms with Crippen LogP contribution in [0.3, 0.4) is 0 Å². The largest absolute Gasteiger partial charge is 0.391 e. The number of aliphatic hydroxyl groups is 1. The van der Waals surface area contributed by atoms with Gasteiger partial charge < -0.3 is 14.6 Å². The van der Waals surface area contributed by atoms with Crippen LogP contribution in [0, 0.1) is 5.82 Å². The van der Waals surface area contributed by atoms with Gasteiger partial charge in [-0.3, -0.25) is 4.79 Å². The molecule has 2 aromatic rings. The van der Waals surface area contributed by atoms with Crippen molar-refractivity contribution >= 4 is 5.91 Å².